The average molecular weight is 428 g/mol. The summed E-state index contributed by atoms with van der Waals surface area (Å²) < 4.78 is 6.71. The van der Waals surface area contributed by atoms with Crippen LogP contribution in [0.5, 0.6) is 0 Å². The third-order valence-corrected chi connectivity index (χ3v) is 6.65. The number of hydrogen-bond donors (Lipinski definition) is 0. The maximum absolute atomic E-state index is 13.1. The van der Waals surface area contributed by atoms with E-state index in [-0.39, 0.29) is 23.6 Å². The molecule has 3 heterocycles. The lowest BCUT2D eigenvalue weighted by Crippen LogP contribution is -2.50. The Morgan fingerprint density at radius 3 is 2.53 bits per heavy atom. The van der Waals surface area contributed by atoms with Gasteiger partial charge in [0.2, 0.25) is 0 Å². The highest BCUT2D eigenvalue weighted by atomic mass is 32.2. The highest BCUT2D eigenvalue weighted by Gasteiger charge is 2.30. The lowest BCUT2D eigenvalue weighted by Gasteiger charge is -2.37. The first-order valence-electron chi connectivity index (χ1n) is 10.2. The molecule has 7 nitrogen and oxygen atoms in total. The number of aromatic nitrogens is 1. The molecule has 1 amide bonds. The molecule has 158 valence electrons. The van der Waals surface area contributed by atoms with E-state index in [4.69, 9.17) is 4.74 Å². The molecule has 2 aliphatic heterocycles. The van der Waals surface area contributed by atoms with Crippen LogP contribution in [0.3, 0.4) is 0 Å². The quantitative estimate of drug-likeness (QED) is 0.698. The van der Waals surface area contributed by atoms with Gasteiger partial charge in [0, 0.05) is 44.4 Å². The molecular formula is C22H25N3O4S. The zero-order valence-corrected chi connectivity index (χ0v) is 18.0. The van der Waals surface area contributed by atoms with E-state index in [0.717, 1.165) is 28.0 Å². The number of allylic oxidation sites excluding steroid dienone is 1. The van der Waals surface area contributed by atoms with Gasteiger partial charge in [-0.05, 0) is 19.4 Å². The van der Waals surface area contributed by atoms with Crippen molar-refractivity contribution in [1.29, 1.82) is 0 Å². The van der Waals surface area contributed by atoms with Gasteiger partial charge in [0.1, 0.15) is 5.56 Å². The van der Waals surface area contributed by atoms with E-state index >= 15 is 0 Å². The molecule has 2 aliphatic rings. The summed E-state index contributed by atoms with van der Waals surface area (Å²) in [5.74, 6) is 0.435. The van der Waals surface area contributed by atoms with Crippen LogP contribution >= 0.6 is 11.8 Å². The number of benzene rings is 1. The van der Waals surface area contributed by atoms with Crippen LogP contribution < -0.4 is 10.5 Å². The standard InChI is InChI=1S/C22H25N3O4S/c1-3-29-22(28)18-19(15-7-4-5-8-16(15)23(2)21(18)27)24-10-12-25(13-11-24)20(26)17-9-6-14-30-17/h4-5,7-9H,3,6,10-14H2,1-2H3. The van der Waals surface area contributed by atoms with E-state index in [1.165, 1.54) is 4.57 Å². The molecule has 1 saturated heterocycles. The van der Waals surface area contributed by atoms with Crippen LogP contribution in [0.25, 0.3) is 10.9 Å². The van der Waals surface area contributed by atoms with Gasteiger partial charge in [0.05, 0.1) is 22.7 Å². The van der Waals surface area contributed by atoms with Crippen LogP contribution in [0.4, 0.5) is 5.69 Å². The highest BCUT2D eigenvalue weighted by molar-refractivity contribution is 8.04. The summed E-state index contributed by atoms with van der Waals surface area (Å²) in [5.41, 5.74) is 1.06. The Bertz CT molecular complexity index is 1080. The fourth-order valence-corrected chi connectivity index (χ4v) is 4.99. The average Bonchev–Trinajstić information content (AvgIpc) is 3.31. The number of amides is 1. The van der Waals surface area contributed by atoms with Crippen LogP contribution in [0.2, 0.25) is 0 Å². The second-order valence-electron chi connectivity index (χ2n) is 7.31. The fourth-order valence-electron chi connectivity index (χ4n) is 4.05. The van der Waals surface area contributed by atoms with Gasteiger partial charge in [0.15, 0.2) is 0 Å². The number of piperazine rings is 1. The predicted octanol–water partition coefficient (Wildman–Crippen LogP) is 2.38. The second-order valence-corrected chi connectivity index (χ2v) is 8.45. The number of esters is 1. The Balaban J connectivity index is 1.71. The molecule has 0 atom stereocenters. The molecule has 0 aliphatic carbocycles. The van der Waals surface area contributed by atoms with Gasteiger partial charge in [-0.3, -0.25) is 9.59 Å². The number of nitrogens with zero attached hydrogens (tertiary/aromatic N) is 3. The Morgan fingerprint density at radius 1 is 1.13 bits per heavy atom. The first kappa shape index (κ1) is 20.5. The molecule has 4 rings (SSSR count). The maximum Gasteiger partial charge on any atom is 0.345 e. The molecule has 1 fully saturated rings. The van der Waals surface area contributed by atoms with Gasteiger partial charge in [-0.25, -0.2) is 4.79 Å². The number of fused-ring (bicyclic) bond motifs is 1. The van der Waals surface area contributed by atoms with Crippen molar-refractivity contribution in [2.75, 3.05) is 43.4 Å². The number of pyridine rings is 1. The van der Waals surface area contributed by atoms with E-state index in [2.05, 4.69) is 0 Å². The molecule has 30 heavy (non-hydrogen) atoms. The molecule has 0 saturated carbocycles. The zero-order chi connectivity index (χ0) is 21.3. The topological polar surface area (TPSA) is 71.8 Å². The van der Waals surface area contributed by atoms with Crippen molar-refractivity contribution in [2.24, 2.45) is 7.05 Å². The van der Waals surface area contributed by atoms with Crippen molar-refractivity contribution >= 4 is 40.2 Å². The lowest BCUT2D eigenvalue weighted by atomic mass is 10.1. The molecule has 0 bridgehead atoms. The number of aryl methyl sites for hydroxylation is 1. The monoisotopic (exact) mass is 427 g/mol. The molecule has 8 heteroatoms. The summed E-state index contributed by atoms with van der Waals surface area (Å²) in [6.07, 6.45) is 2.94. The molecule has 0 unspecified atom stereocenters. The predicted molar refractivity (Wildman–Crippen MR) is 119 cm³/mol. The third kappa shape index (κ3) is 3.60. The fraction of sp³-hybridized carbons (Fsp3) is 0.409. The Morgan fingerprint density at radius 2 is 1.87 bits per heavy atom. The Labute approximate surface area is 179 Å². The third-order valence-electron chi connectivity index (χ3n) is 5.55. The van der Waals surface area contributed by atoms with Crippen molar-refractivity contribution in [3.63, 3.8) is 0 Å². The van der Waals surface area contributed by atoms with E-state index in [1.54, 1.807) is 25.7 Å². The summed E-state index contributed by atoms with van der Waals surface area (Å²) in [4.78, 5) is 43.2. The van der Waals surface area contributed by atoms with E-state index in [0.29, 0.717) is 31.9 Å². The van der Waals surface area contributed by atoms with Crippen LogP contribution in [-0.2, 0) is 16.6 Å². The summed E-state index contributed by atoms with van der Waals surface area (Å²) in [7, 11) is 1.67. The molecule has 0 N–H and O–H groups in total. The van der Waals surface area contributed by atoms with Gasteiger partial charge in [-0.2, -0.15) is 0 Å². The Kier molecular flexibility index (Phi) is 5.85. The SMILES string of the molecule is CCOC(=O)c1c(N2CCN(C(=O)C3=CCCS3)CC2)c2ccccc2n(C)c1=O. The van der Waals surface area contributed by atoms with E-state index in [9.17, 15) is 14.4 Å². The van der Waals surface area contributed by atoms with Crippen molar-refractivity contribution in [3.05, 3.63) is 51.2 Å². The van der Waals surface area contributed by atoms with E-state index < -0.39 is 5.97 Å². The van der Waals surface area contributed by atoms with Crippen LogP contribution in [0, 0.1) is 0 Å². The van der Waals surface area contributed by atoms with E-state index in [1.807, 2.05) is 40.1 Å². The number of anilines is 1. The van der Waals surface area contributed by atoms with Crippen molar-refractivity contribution < 1.29 is 14.3 Å². The van der Waals surface area contributed by atoms with Gasteiger partial charge in [-0.1, -0.05) is 24.3 Å². The smallest absolute Gasteiger partial charge is 0.345 e. The van der Waals surface area contributed by atoms with Crippen LogP contribution in [0.15, 0.2) is 40.0 Å². The second kappa shape index (κ2) is 8.55. The van der Waals surface area contributed by atoms with Gasteiger partial charge in [0.25, 0.3) is 11.5 Å². The summed E-state index contributed by atoms with van der Waals surface area (Å²) in [5, 5.41) is 0.830. The molecule has 1 aromatic carbocycles. The number of para-hydroxylation sites is 1. The van der Waals surface area contributed by atoms with Crippen molar-refractivity contribution in [3.8, 4) is 0 Å². The number of carbonyl (C=O) groups excluding carboxylic acids is 2. The first-order chi connectivity index (χ1) is 14.5. The highest BCUT2D eigenvalue weighted by Crippen LogP contribution is 2.31. The minimum atomic E-state index is -0.607. The minimum Gasteiger partial charge on any atom is -0.462 e. The number of carbonyl (C=O) groups is 2. The Hall–Kier alpha value is -2.74. The number of thioether (sulfide) groups is 1. The summed E-state index contributed by atoms with van der Waals surface area (Å²) in [6.45, 7) is 4.11. The lowest BCUT2D eigenvalue weighted by molar-refractivity contribution is -0.126. The van der Waals surface area contributed by atoms with Crippen molar-refractivity contribution in [1.82, 2.24) is 9.47 Å². The first-order valence-corrected chi connectivity index (χ1v) is 11.2. The molecule has 1 aromatic heterocycles. The van der Waals surface area contributed by atoms with Crippen LogP contribution in [-0.4, -0.2) is 59.9 Å². The maximum atomic E-state index is 13.1. The number of hydrogen-bond acceptors (Lipinski definition) is 6. The molecule has 0 spiro atoms. The van der Waals surface area contributed by atoms with Crippen LogP contribution in [0.1, 0.15) is 23.7 Å². The molecule has 2 aromatic rings. The number of rotatable bonds is 4. The zero-order valence-electron chi connectivity index (χ0n) is 17.2. The molecular weight excluding hydrogens is 402 g/mol. The van der Waals surface area contributed by atoms with Gasteiger partial charge in [-0.15, -0.1) is 11.8 Å². The summed E-state index contributed by atoms with van der Waals surface area (Å²) >= 11 is 1.61. The summed E-state index contributed by atoms with van der Waals surface area (Å²) in [6, 6.07) is 7.57. The minimum absolute atomic E-state index is 0.0619. The largest absolute Gasteiger partial charge is 0.462 e. The van der Waals surface area contributed by atoms with Crippen molar-refractivity contribution in [2.45, 2.75) is 13.3 Å². The molecule has 0 radical (unpaired) electrons. The normalized spacial score (nSPS) is 16.7. The van der Waals surface area contributed by atoms with Gasteiger partial charge >= 0.3 is 5.97 Å². The number of ether oxygens (including phenoxy) is 1. The van der Waals surface area contributed by atoms with Gasteiger partial charge < -0.3 is 19.1 Å².